The number of ether oxygens (including phenoxy) is 1. The second kappa shape index (κ2) is 4.77. The molecule has 86 valence electrons. The van der Waals surface area contributed by atoms with Crippen LogP contribution in [0.1, 0.15) is 20.3 Å². The Morgan fingerprint density at radius 1 is 1.73 bits per heavy atom. The number of hydrogen-bond acceptors (Lipinski definition) is 3. The highest BCUT2D eigenvalue weighted by atomic mass is 16.5. The van der Waals surface area contributed by atoms with Gasteiger partial charge in [0.2, 0.25) is 5.91 Å². The molecule has 15 heavy (non-hydrogen) atoms. The molecule has 0 spiro atoms. The van der Waals surface area contributed by atoms with E-state index in [2.05, 4.69) is 6.58 Å². The van der Waals surface area contributed by atoms with E-state index in [4.69, 9.17) is 10.5 Å². The molecular formula is C11H20N2O2. The second-order valence-corrected chi connectivity index (χ2v) is 4.30. The first-order chi connectivity index (χ1) is 7.01. The van der Waals surface area contributed by atoms with Crippen LogP contribution in [0.3, 0.4) is 0 Å². The Hall–Kier alpha value is -0.870. The van der Waals surface area contributed by atoms with E-state index in [1.807, 2.05) is 13.8 Å². The summed E-state index contributed by atoms with van der Waals surface area (Å²) in [6.07, 6.45) is 2.32. The standard InChI is InChI=1S/C11H20N2O2/c1-4-6-13(9(2)3)10(14)11(12)5-7-15-8-11/h4,9H,1,5-8,12H2,2-3H3. The summed E-state index contributed by atoms with van der Waals surface area (Å²) in [5.41, 5.74) is 5.19. The van der Waals surface area contributed by atoms with Crippen molar-refractivity contribution in [2.75, 3.05) is 19.8 Å². The Labute approximate surface area is 91.1 Å². The van der Waals surface area contributed by atoms with Crippen LogP contribution in [0, 0.1) is 0 Å². The number of amides is 1. The lowest BCUT2D eigenvalue weighted by atomic mass is 9.97. The van der Waals surface area contributed by atoms with Gasteiger partial charge in [0.1, 0.15) is 5.54 Å². The van der Waals surface area contributed by atoms with Crippen molar-refractivity contribution in [2.24, 2.45) is 5.73 Å². The van der Waals surface area contributed by atoms with Crippen LogP contribution in [0.2, 0.25) is 0 Å². The lowest BCUT2D eigenvalue weighted by molar-refractivity contribution is -0.138. The highest BCUT2D eigenvalue weighted by Crippen LogP contribution is 2.19. The van der Waals surface area contributed by atoms with E-state index >= 15 is 0 Å². The van der Waals surface area contributed by atoms with E-state index in [0.29, 0.717) is 26.2 Å². The van der Waals surface area contributed by atoms with E-state index in [-0.39, 0.29) is 11.9 Å². The Morgan fingerprint density at radius 3 is 2.80 bits per heavy atom. The molecule has 1 saturated heterocycles. The smallest absolute Gasteiger partial charge is 0.245 e. The highest BCUT2D eigenvalue weighted by molar-refractivity contribution is 5.87. The Morgan fingerprint density at radius 2 is 2.40 bits per heavy atom. The van der Waals surface area contributed by atoms with Crippen molar-refractivity contribution in [3.8, 4) is 0 Å². The molecule has 2 N–H and O–H groups in total. The minimum Gasteiger partial charge on any atom is -0.379 e. The third-order valence-corrected chi connectivity index (χ3v) is 2.69. The second-order valence-electron chi connectivity index (χ2n) is 4.30. The molecule has 1 amide bonds. The average molecular weight is 212 g/mol. The molecule has 1 unspecified atom stereocenters. The van der Waals surface area contributed by atoms with Crippen molar-refractivity contribution in [1.82, 2.24) is 4.90 Å². The fourth-order valence-corrected chi connectivity index (χ4v) is 1.70. The molecule has 1 fully saturated rings. The zero-order chi connectivity index (χ0) is 11.5. The van der Waals surface area contributed by atoms with Gasteiger partial charge in [-0.1, -0.05) is 6.08 Å². The van der Waals surface area contributed by atoms with Crippen molar-refractivity contribution in [3.63, 3.8) is 0 Å². The van der Waals surface area contributed by atoms with Crippen LogP contribution >= 0.6 is 0 Å². The van der Waals surface area contributed by atoms with E-state index in [0.717, 1.165) is 0 Å². The number of nitrogens with two attached hydrogens (primary N) is 1. The molecule has 0 saturated carbocycles. The van der Waals surface area contributed by atoms with Crippen LogP contribution in [0.4, 0.5) is 0 Å². The molecule has 1 atom stereocenters. The molecule has 0 bridgehead atoms. The quantitative estimate of drug-likeness (QED) is 0.691. The molecular weight excluding hydrogens is 192 g/mol. The molecule has 4 heteroatoms. The topological polar surface area (TPSA) is 55.6 Å². The molecule has 1 heterocycles. The molecule has 0 aromatic carbocycles. The maximum atomic E-state index is 12.2. The largest absolute Gasteiger partial charge is 0.379 e. The van der Waals surface area contributed by atoms with Gasteiger partial charge in [0.25, 0.3) is 0 Å². The van der Waals surface area contributed by atoms with Gasteiger partial charge in [-0.15, -0.1) is 6.58 Å². The molecule has 0 aliphatic carbocycles. The minimum absolute atomic E-state index is 0.0325. The van der Waals surface area contributed by atoms with Gasteiger partial charge in [0.15, 0.2) is 0 Å². The summed E-state index contributed by atoms with van der Waals surface area (Å²) in [7, 11) is 0. The van der Waals surface area contributed by atoms with Gasteiger partial charge in [0, 0.05) is 19.2 Å². The van der Waals surface area contributed by atoms with Crippen LogP contribution in [-0.2, 0) is 9.53 Å². The highest BCUT2D eigenvalue weighted by Gasteiger charge is 2.41. The molecule has 0 radical (unpaired) electrons. The maximum Gasteiger partial charge on any atom is 0.245 e. The van der Waals surface area contributed by atoms with Crippen molar-refractivity contribution < 1.29 is 9.53 Å². The molecule has 1 aliphatic rings. The third kappa shape index (κ3) is 2.58. The van der Waals surface area contributed by atoms with Crippen LogP contribution in [0.25, 0.3) is 0 Å². The van der Waals surface area contributed by atoms with Crippen LogP contribution in [-0.4, -0.2) is 42.1 Å². The summed E-state index contributed by atoms with van der Waals surface area (Å²) in [5, 5.41) is 0. The summed E-state index contributed by atoms with van der Waals surface area (Å²) < 4.78 is 5.19. The van der Waals surface area contributed by atoms with Crippen LogP contribution in [0.15, 0.2) is 12.7 Å². The number of hydrogen-bond donors (Lipinski definition) is 1. The van der Waals surface area contributed by atoms with Gasteiger partial charge in [-0.2, -0.15) is 0 Å². The number of carbonyl (C=O) groups is 1. The number of carbonyl (C=O) groups excluding carboxylic acids is 1. The first kappa shape index (κ1) is 12.2. The van der Waals surface area contributed by atoms with Crippen LogP contribution < -0.4 is 5.73 Å². The van der Waals surface area contributed by atoms with E-state index in [1.54, 1.807) is 11.0 Å². The van der Waals surface area contributed by atoms with Gasteiger partial charge in [-0.3, -0.25) is 4.79 Å². The average Bonchev–Trinajstić information content (AvgIpc) is 2.61. The van der Waals surface area contributed by atoms with Gasteiger partial charge < -0.3 is 15.4 Å². The van der Waals surface area contributed by atoms with E-state index < -0.39 is 5.54 Å². The molecule has 1 rings (SSSR count). The molecule has 0 aromatic rings. The van der Waals surface area contributed by atoms with Crippen molar-refractivity contribution >= 4 is 5.91 Å². The predicted octanol–water partition coefficient (Wildman–Crippen LogP) is 0.527. The van der Waals surface area contributed by atoms with Gasteiger partial charge in [-0.05, 0) is 20.3 Å². The third-order valence-electron chi connectivity index (χ3n) is 2.69. The fourth-order valence-electron chi connectivity index (χ4n) is 1.70. The zero-order valence-electron chi connectivity index (χ0n) is 9.53. The fraction of sp³-hybridized carbons (Fsp3) is 0.727. The van der Waals surface area contributed by atoms with Crippen molar-refractivity contribution in [3.05, 3.63) is 12.7 Å². The Kier molecular flexibility index (Phi) is 3.88. The van der Waals surface area contributed by atoms with Crippen molar-refractivity contribution in [1.29, 1.82) is 0 Å². The van der Waals surface area contributed by atoms with Gasteiger partial charge >= 0.3 is 0 Å². The summed E-state index contributed by atoms with van der Waals surface area (Å²) in [5.74, 6) is -0.0325. The monoisotopic (exact) mass is 212 g/mol. The minimum atomic E-state index is -0.826. The lowest BCUT2D eigenvalue weighted by Gasteiger charge is -2.32. The first-order valence-electron chi connectivity index (χ1n) is 5.30. The summed E-state index contributed by atoms with van der Waals surface area (Å²) in [4.78, 5) is 13.9. The van der Waals surface area contributed by atoms with E-state index in [9.17, 15) is 4.79 Å². The number of nitrogens with zero attached hydrogens (tertiary/aromatic N) is 1. The Bertz CT molecular complexity index is 245. The van der Waals surface area contributed by atoms with E-state index in [1.165, 1.54) is 0 Å². The summed E-state index contributed by atoms with van der Waals surface area (Å²) in [6.45, 7) is 9.03. The van der Waals surface area contributed by atoms with Crippen LogP contribution in [0.5, 0.6) is 0 Å². The summed E-state index contributed by atoms with van der Waals surface area (Å²) >= 11 is 0. The SMILES string of the molecule is C=CCN(C(=O)C1(N)CCOC1)C(C)C. The van der Waals surface area contributed by atoms with Crippen molar-refractivity contribution in [2.45, 2.75) is 31.8 Å². The Balaban J connectivity index is 2.74. The predicted molar refractivity (Wildman–Crippen MR) is 59.4 cm³/mol. The normalized spacial score (nSPS) is 25.6. The molecule has 0 aromatic heterocycles. The maximum absolute atomic E-state index is 12.2. The molecule has 1 aliphatic heterocycles. The number of rotatable bonds is 4. The zero-order valence-corrected chi connectivity index (χ0v) is 9.53. The van der Waals surface area contributed by atoms with Gasteiger partial charge in [-0.25, -0.2) is 0 Å². The summed E-state index contributed by atoms with van der Waals surface area (Å²) in [6, 6.07) is 0.136. The lowest BCUT2D eigenvalue weighted by Crippen LogP contribution is -2.57. The first-order valence-corrected chi connectivity index (χ1v) is 5.30. The van der Waals surface area contributed by atoms with Gasteiger partial charge in [0.05, 0.1) is 6.61 Å². The molecule has 4 nitrogen and oxygen atoms in total.